The van der Waals surface area contributed by atoms with E-state index in [1.165, 1.54) is 43.4 Å². The number of hydrogen-bond donors (Lipinski definition) is 1. The van der Waals surface area contributed by atoms with E-state index in [-0.39, 0.29) is 34.5 Å². The Morgan fingerprint density at radius 3 is 2.15 bits per heavy atom. The van der Waals surface area contributed by atoms with Gasteiger partial charge >= 0.3 is 12.5 Å². The fourth-order valence-electron chi connectivity index (χ4n) is 3.20. The third-order valence-corrected chi connectivity index (χ3v) is 6.69. The number of benzene rings is 2. The summed E-state index contributed by atoms with van der Waals surface area (Å²) < 4.78 is 76.6. The number of ether oxygens (including phenoxy) is 3. The number of sulfone groups is 1. The lowest BCUT2D eigenvalue weighted by Gasteiger charge is -2.29. The number of rotatable bonds is 9. The number of cyclic esters (lactones) is 1. The van der Waals surface area contributed by atoms with Crippen LogP contribution in [0, 0.1) is 0 Å². The second-order valence-corrected chi connectivity index (χ2v) is 9.22. The molecular formula is C20H19F3N2O8S. The average Bonchev–Trinajstić information content (AvgIpc) is 3.10. The molecule has 0 saturated carbocycles. The number of carbonyl (C=O) groups excluding carboxylic acids is 2. The zero-order valence-corrected chi connectivity index (χ0v) is 18.3. The lowest BCUT2D eigenvalue weighted by atomic mass is 10.1. The predicted octanol–water partition coefficient (Wildman–Crippen LogP) is 2.82. The van der Waals surface area contributed by atoms with Gasteiger partial charge in [-0.25, -0.2) is 18.3 Å². The summed E-state index contributed by atoms with van der Waals surface area (Å²) in [6.07, 6.45) is -5.50. The number of hydrogen-bond acceptors (Lipinski definition) is 8. The van der Waals surface area contributed by atoms with Gasteiger partial charge in [0, 0.05) is 7.05 Å². The van der Waals surface area contributed by atoms with Crippen molar-refractivity contribution in [3.8, 4) is 17.2 Å². The van der Waals surface area contributed by atoms with E-state index in [1.54, 1.807) is 0 Å². The Morgan fingerprint density at radius 2 is 1.68 bits per heavy atom. The Bertz CT molecular complexity index is 1120. The van der Waals surface area contributed by atoms with Crippen molar-refractivity contribution in [3.05, 3.63) is 48.5 Å². The molecule has 1 saturated heterocycles. The van der Waals surface area contributed by atoms with Crippen LogP contribution in [-0.4, -0.2) is 73.9 Å². The number of halogens is 3. The molecule has 0 radical (unpaired) electrons. The van der Waals surface area contributed by atoms with E-state index >= 15 is 0 Å². The van der Waals surface area contributed by atoms with Gasteiger partial charge in [-0.05, 0) is 48.5 Å². The van der Waals surface area contributed by atoms with Crippen LogP contribution in [0.1, 0.15) is 0 Å². The lowest BCUT2D eigenvalue weighted by Crippen LogP contribution is -2.51. The average molecular weight is 504 g/mol. The third kappa shape index (κ3) is 6.08. The second-order valence-electron chi connectivity index (χ2n) is 7.18. The largest absolute Gasteiger partial charge is 0.573 e. The van der Waals surface area contributed by atoms with E-state index in [1.807, 2.05) is 0 Å². The molecule has 184 valence electrons. The monoisotopic (exact) mass is 504 g/mol. The molecule has 2 amide bonds. The Hall–Kier alpha value is -3.52. The fraction of sp³-hybridized carbons (Fsp3) is 0.300. The molecule has 0 spiro atoms. The summed E-state index contributed by atoms with van der Waals surface area (Å²) in [5.41, 5.74) is 0. The first-order valence-electron chi connectivity index (χ1n) is 9.58. The first-order valence-corrected chi connectivity index (χ1v) is 11.2. The third-order valence-electron chi connectivity index (χ3n) is 4.92. The van der Waals surface area contributed by atoms with Crippen molar-refractivity contribution in [1.82, 2.24) is 9.96 Å². The molecule has 0 unspecified atom stereocenters. The first kappa shape index (κ1) is 25.1. The number of nitrogens with zero attached hydrogens (tertiary/aromatic N) is 2. The van der Waals surface area contributed by atoms with Gasteiger partial charge < -0.3 is 19.1 Å². The number of likely N-dealkylation sites (N-methyl/N-ethyl adjacent to an activating group) is 1. The van der Waals surface area contributed by atoms with Crippen molar-refractivity contribution in [2.45, 2.75) is 23.3 Å². The van der Waals surface area contributed by atoms with E-state index in [0.717, 1.165) is 17.0 Å². The van der Waals surface area contributed by atoms with Crippen molar-refractivity contribution in [2.75, 3.05) is 19.4 Å². The number of alkyl halides is 3. The maximum Gasteiger partial charge on any atom is 0.573 e. The second kappa shape index (κ2) is 9.77. The van der Waals surface area contributed by atoms with E-state index in [0.29, 0.717) is 0 Å². The van der Waals surface area contributed by atoms with Crippen LogP contribution in [0.3, 0.4) is 0 Å². The molecule has 10 nitrogen and oxygen atoms in total. The molecule has 2 atom stereocenters. The standard InChI is InChI=1S/C20H19F3N2O8S/c1-24-17(10-31-19(24)27)18(25(28)12-26)11-34(29,30)16-8-6-14(7-9-16)32-13-2-4-15(5-3-13)33-20(21,22)23/h2-9,12,17-18,28H,10-11H2,1H3/t17-,18+/m1/s1. The van der Waals surface area contributed by atoms with Crippen LogP contribution in [-0.2, 0) is 19.4 Å². The van der Waals surface area contributed by atoms with Gasteiger partial charge in [0.15, 0.2) is 9.84 Å². The summed E-state index contributed by atoms with van der Waals surface area (Å²) >= 11 is 0. The molecule has 2 aromatic rings. The molecule has 1 heterocycles. The van der Waals surface area contributed by atoms with Crippen LogP contribution in [0.15, 0.2) is 53.4 Å². The van der Waals surface area contributed by atoms with Gasteiger partial charge in [-0.2, -0.15) is 0 Å². The predicted molar refractivity (Wildman–Crippen MR) is 108 cm³/mol. The van der Waals surface area contributed by atoms with E-state index < -0.39 is 45.9 Å². The maximum atomic E-state index is 12.9. The van der Waals surface area contributed by atoms with E-state index in [4.69, 9.17) is 9.47 Å². The lowest BCUT2D eigenvalue weighted by molar-refractivity contribution is -0.274. The molecule has 1 fully saturated rings. The van der Waals surface area contributed by atoms with Gasteiger partial charge in [0.05, 0.1) is 22.7 Å². The van der Waals surface area contributed by atoms with Crippen LogP contribution < -0.4 is 9.47 Å². The summed E-state index contributed by atoms with van der Waals surface area (Å²) in [6, 6.07) is 7.54. The normalized spacial score (nSPS) is 17.1. The molecule has 34 heavy (non-hydrogen) atoms. The number of amides is 2. The molecule has 0 aromatic heterocycles. The molecule has 2 aromatic carbocycles. The van der Waals surface area contributed by atoms with Gasteiger partial charge in [-0.1, -0.05) is 0 Å². The molecule has 14 heteroatoms. The minimum Gasteiger partial charge on any atom is -0.457 e. The Morgan fingerprint density at radius 1 is 1.15 bits per heavy atom. The zero-order chi connectivity index (χ0) is 25.1. The highest BCUT2D eigenvalue weighted by atomic mass is 32.2. The molecule has 3 rings (SSSR count). The summed E-state index contributed by atoms with van der Waals surface area (Å²) in [5, 5.41) is 10.1. The number of hydroxylamine groups is 2. The minimum atomic E-state index is -4.82. The highest BCUT2D eigenvalue weighted by Gasteiger charge is 2.41. The Kier molecular flexibility index (Phi) is 7.21. The minimum absolute atomic E-state index is 0.0405. The zero-order valence-electron chi connectivity index (χ0n) is 17.5. The van der Waals surface area contributed by atoms with Gasteiger partial charge in [-0.3, -0.25) is 10.0 Å². The Labute approximate surface area is 191 Å². The van der Waals surface area contributed by atoms with Crippen molar-refractivity contribution < 1.29 is 50.6 Å². The molecule has 1 aliphatic rings. The Balaban J connectivity index is 1.71. The fourth-order valence-corrected chi connectivity index (χ4v) is 4.77. The topological polar surface area (TPSA) is 123 Å². The van der Waals surface area contributed by atoms with Gasteiger partial charge in [-0.15, -0.1) is 13.2 Å². The van der Waals surface area contributed by atoms with Gasteiger partial charge in [0.1, 0.15) is 23.9 Å². The van der Waals surface area contributed by atoms with Crippen molar-refractivity contribution in [3.63, 3.8) is 0 Å². The molecule has 1 N–H and O–H groups in total. The highest BCUT2D eigenvalue weighted by Crippen LogP contribution is 2.28. The van der Waals surface area contributed by atoms with Crippen LogP contribution in [0.5, 0.6) is 17.2 Å². The van der Waals surface area contributed by atoms with Crippen molar-refractivity contribution >= 4 is 22.3 Å². The summed E-state index contributed by atoms with van der Waals surface area (Å²) in [4.78, 5) is 23.6. The SMILES string of the molecule is CN1C(=O)OC[C@@H]1[C@H](CS(=O)(=O)c1ccc(Oc2ccc(OC(F)(F)F)cc2)cc1)N(O)C=O. The quantitative estimate of drug-likeness (QED) is 0.314. The van der Waals surface area contributed by atoms with Crippen LogP contribution in [0.2, 0.25) is 0 Å². The molecule has 0 aliphatic carbocycles. The summed E-state index contributed by atoms with van der Waals surface area (Å²) in [5.74, 6) is -0.745. The maximum absolute atomic E-state index is 12.9. The summed E-state index contributed by atoms with van der Waals surface area (Å²) in [6.45, 7) is -0.208. The van der Waals surface area contributed by atoms with Crippen LogP contribution in [0.25, 0.3) is 0 Å². The van der Waals surface area contributed by atoms with E-state index in [9.17, 15) is 36.4 Å². The van der Waals surface area contributed by atoms with Crippen LogP contribution in [0.4, 0.5) is 18.0 Å². The van der Waals surface area contributed by atoms with E-state index in [2.05, 4.69) is 4.74 Å². The van der Waals surface area contributed by atoms with Gasteiger partial charge in [0.25, 0.3) is 0 Å². The number of carbonyl (C=O) groups is 2. The first-order chi connectivity index (χ1) is 15.9. The van der Waals surface area contributed by atoms with Crippen LogP contribution >= 0.6 is 0 Å². The molecule has 1 aliphatic heterocycles. The molecule has 0 bridgehead atoms. The highest BCUT2D eigenvalue weighted by molar-refractivity contribution is 7.91. The summed E-state index contributed by atoms with van der Waals surface area (Å²) in [7, 11) is -2.68. The van der Waals surface area contributed by atoms with Crippen molar-refractivity contribution in [2.24, 2.45) is 0 Å². The molecular weight excluding hydrogens is 485 g/mol. The van der Waals surface area contributed by atoms with Crippen molar-refractivity contribution in [1.29, 1.82) is 0 Å². The smallest absolute Gasteiger partial charge is 0.457 e. The van der Waals surface area contributed by atoms with Gasteiger partial charge in [0.2, 0.25) is 6.41 Å².